The van der Waals surface area contributed by atoms with Gasteiger partial charge in [-0.1, -0.05) is 39.3 Å². The van der Waals surface area contributed by atoms with Crippen LogP contribution in [0.4, 0.5) is 11.5 Å². The van der Waals surface area contributed by atoms with Crippen LogP contribution in [0.3, 0.4) is 0 Å². The lowest BCUT2D eigenvalue weighted by atomic mass is 9.49. The molecule has 4 fully saturated rings. The number of piperazine rings is 1. The summed E-state index contributed by atoms with van der Waals surface area (Å²) in [5, 5.41) is 23.7. The fourth-order valence-corrected chi connectivity index (χ4v) is 10.1. The first-order chi connectivity index (χ1) is 27.7. The van der Waals surface area contributed by atoms with Crippen molar-refractivity contribution in [1.29, 1.82) is 5.26 Å². The molecule has 5 heterocycles. The second kappa shape index (κ2) is 15.0. The molecule has 1 saturated carbocycles. The first-order valence-corrected chi connectivity index (χ1v) is 20.2. The van der Waals surface area contributed by atoms with E-state index in [1.165, 1.54) is 0 Å². The van der Waals surface area contributed by atoms with Crippen LogP contribution in [0.15, 0.2) is 48.5 Å². The zero-order valence-electron chi connectivity index (χ0n) is 33.0. The van der Waals surface area contributed by atoms with Crippen molar-refractivity contribution in [3.63, 3.8) is 0 Å². The molecule has 1 atom stereocenters. The van der Waals surface area contributed by atoms with Crippen LogP contribution >= 0.6 is 11.6 Å². The van der Waals surface area contributed by atoms with Gasteiger partial charge in [-0.15, -0.1) is 10.2 Å². The molecule has 4 aliphatic heterocycles. The average Bonchev–Trinajstić information content (AvgIpc) is 3.46. The number of anilines is 2. The maximum Gasteiger partial charge on any atom is 0.272 e. The van der Waals surface area contributed by atoms with Gasteiger partial charge in [0.15, 0.2) is 11.5 Å². The number of nitriles is 1. The fraction of sp³-hybridized carbons (Fsp3) is 0.476. The summed E-state index contributed by atoms with van der Waals surface area (Å²) >= 11 is 6.24. The number of nitrogens with one attached hydrogen (secondary N) is 2. The van der Waals surface area contributed by atoms with Crippen molar-refractivity contribution in [2.45, 2.75) is 77.6 Å². The zero-order valence-corrected chi connectivity index (χ0v) is 33.7. The highest BCUT2D eigenvalue weighted by Gasteiger charge is 2.64. The van der Waals surface area contributed by atoms with E-state index in [2.05, 4.69) is 69.3 Å². The van der Waals surface area contributed by atoms with Gasteiger partial charge in [-0.3, -0.25) is 39.1 Å². The number of carbonyl (C=O) groups is 5. The van der Waals surface area contributed by atoms with E-state index in [1.54, 1.807) is 36.4 Å². The van der Waals surface area contributed by atoms with Gasteiger partial charge in [-0.25, -0.2) is 0 Å². The molecule has 58 heavy (non-hydrogen) atoms. The topological polar surface area (TPSA) is 181 Å². The first-order valence-electron chi connectivity index (χ1n) is 19.8. The number of imide groups is 2. The third-order valence-electron chi connectivity index (χ3n) is 12.7. The van der Waals surface area contributed by atoms with Crippen LogP contribution in [0.2, 0.25) is 5.02 Å². The van der Waals surface area contributed by atoms with Crippen molar-refractivity contribution in [2.75, 3.05) is 49.1 Å². The number of piperidine rings is 2. The Bertz CT molecular complexity index is 2210. The minimum atomic E-state index is -0.987. The van der Waals surface area contributed by atoms with Crippen LogP contribution in [0.25, 0.3) is 0 Å². The van der Waals surface area contributed by atoms with Crippen LogP contribution in [-0.4, -0.2) is 113 Å². The molecule has 0 radical (unpaired) electrons. The molecule has 5 amide bonds. The van der Waals surface area contributed by atoms with Crippen molar-refractivity contribution < 1.29 is 28.7 Å². The smallest absolute Gasteiger partial charge is 0.272 e. The molecule has 0 spiro atoms. The largest absolute Gasteiger partial charge is 0.489 e. The average molecular weight is 808 g/mol. The summed E-state index contributed by atoms with van der Waals surface area (Å²) in [6, 6.07) is 15.2. The van der Waals surface area contributed by atoms with Gasteiger partial charge in [0, 0.05) is 80.4 Å². The highest BCUT2D eigenvalue weighted by atomic mass is 35.5. The van der Waals surface area contributed by atoms with E-state index in [0.29, 0.717) is 22.4 Å². The minimum Gasteiger partial charge on any atom is -0.489 e. The quantitative estimate of drug-likeness (QED) is 0.315. The number of rotatable bonds is 8. The lowest BCUT2D eigenvalue weighted by molar-refractivity contribution is -0.164. The van der Waals surface area contributed by atoms with Crippen LogP contribution in [0.5, 0.6) is 5.75 Å². The molecule has 1 aromatic heterocycles. The summed E-state index contributed by atoms with van der Waals surface area (Å²) in [6.07, 6.45) is 1.90. The number of ether oxygens (including phenoxy) is 1. The van der Waals surface area contributed by atoms with Crippen LogP contribution in [0, 0.1) is 22.2 Å². The molecule has 2 N–H and O–H groups in total. The van der Waals surface area contributed by atoms with Gasteiger partial charge in [0.25, 0.3) is 17.7 Å². The SMILES string of the molecule is CC1(C)C(NC(=O)c2ccc(N3CCC(N4CCN(c5ccc6c(c5)C(=O)N(C5CCC(=O)NC5=O)C6=O)CC4)CC3)nn2)C(C)(C)C1Oc1ccc(C#N)c(Cl)c1. The Morgan fingerprint density at radius 3 is 2.21 bits per heavy atom. The van der Waals surface area contributed by atoms with E-state index in [-0.39, 0.29) is 47.7 Å². The highest BCUT2D eigenvalue weighted by molar-refractivity contribution is 6.31. The Kier molecular flexibility index (Phi) is 10.1. The third-order valence-corrected chi connectivity index (χ3v) is 13.0. The Morgan fingerprint density at radius 2 is 1.57 bits per heavy atom. The maximum atomic E-state index is 13.4. The van der Waals surface area contributed by atoms with Crippen molar-refractivity contribution in [2.24, 2.45) is 10.8 Å². The summed E-state index contributed by atoms with van der Waals surface area (Å²) in [4.78, 5) is 71.9. The van der Waals surface area contributed by atoms with Gasteiger partial charge in [0.05, 0.1) is 21.7 Å². The molecule has 302 valence electrons. The van der Waals surface area contributed by atoms with E-state index in [9.17, 15) is 29.2 Å². The standard InChI is InChI=1S/C42H46ClN9O6/c1-41(2)39(42(3,4)40(41)58-27-7-5-24(23-44)30(43)22-27)46-35(54)31-9-11-33(48-47-31)51-15-13-25(14-16-51)49-17-19-50(20-18-49)26-6-8-28-29(21-26)38(57)52(37(28)56)32-10-12-34(53)45-36(32)55/h5-9,11,21-22,25,32,39-40H,10,12-20H2,1-4H3,(H,46,54)(H,45,53,55). The van der Waals surface area contributed by atoms with Gasteiger partial charge in [-0.2, -0.15) is 5.26 Å². The number of halogens is 1. The predicted octanol–water partition coefficient (Wildman–Crippen LogP) is 3.81. The Labute approximate surface area is 341 Å². The second-order valence-electron chi connectivity index (χ2n) is 17.0. The minimum absolute atomic E-state index is 0.0813. The summed E-state index contributed by atoms with van der Waals surface area (Å²) in [7, 11) is 0. The molecule has 3 saturated heterocycles. The van der Waals surface area contributed by atoms with Gasteiger partial charge in [0.2, 0.25) is 11.8 Å². The number of fused-ring (bicyclic) bond motifs is 1. The predicted molar refractivity (Wildman–Crippen MR) is 214 cm³/mol. The first kappa shape index (κ1) is 39.2. The third kappa shape index (κ3) is 6.91. The monoisotopic (exact) mass is 807 g/mol. The fourth-order valence-electron chi connectivity index (χ4n) is 9.88. The normalized spacial score (nSPS) is 24.5. The Morgan fingerprint density at radius 1 is 0.862 bits per heavy atom. The number of hydrogen-bond donors (Lipinski definition) is 2. The molecule has 5 aliphatic rings. The summed E-state index contributed by atoms with van der Waals surface area (Å²) in [5.74, 6) is -1.01. The number of benzene rings is 2. The molecular weight excluding hydrogens is 762 g/mol. The van der Waals surface area contributed by atoms with Crippen molar-refractivity contribution in [3.05, 3.63) is 75.9 Å². The molecule has 16 heteroatoms. The van der Waals surface area contributed by atoms with Crippen molar-refractivity contribution in [1.82, 2.24) is 30.6 Å². The molecule has 8 rings (SSSR count). The molecule has 1 aliphatic carbocycles. The van der Waals surface area contributed by atoms with Crippen LogP contribution in [-0.2, 0) is 9.59 Å². The maximum absolute atomic E-state index is 13.4. The van der Waals surface area contributed by atoms with Crippen molar-refractivity contribution in [3.8, 4) is 11.8 Å². The lowest BCUT2D eigenvalue weighted by Crippen LogP contribution is -2.74. The van der Waals surface area contributed by atoms with Gasteiger partial charge in [0.1, 0.15) is 24.0 Å². The molecular formula is C42H46ClN9O6. The number of carbonyl (C=O) groups excluding carboxylic acids is 5. The number of nitrogens with zero attached hydrogens (tertiary/aromatic N) is 7. The molecule has 15 nitrogen and oxygen atoms in total. The van der Waals surface area contributed by atoms with E-state index in [1.807, 2.05) is 12.1 Å². The zero-order chi connectivity index (χ0) is 41.1. The van der Waals surface area contributed by atoms with Gasteiger partial charge in [-0.05, 0) is 61.7 Å². The summed E-state index contributed by atoms with van der Waals surface area (Å²) in [6.45, 7) is 13.1. The number of hydrogen-bond acceptors (Lipinski definition) is 12. The second-order valence-corrected chi connectivity index (χ2v) is 17.4. The van der Waals surface area contributed by atoms with E-state index >= 15 is 0 Å². The Hall–Kier alpha value is -5.59. The lowest BCUT2D eigenvalue weighted by Gasteiger charge is -2.63. The molecule has 2 aromatic carbocycles. The van der Waals surface area contributed by atoms with Crippen molar-refractivity contribution >= 4 is 52.6 Å². The van der Waals surface area contributed by atoms with Gasteiger partial charge >= 0.3 is 0 Å². The number of amides is 5. The molecule has 3 aromatic rings. The Balaban J connectivity index is 0.811. The highest BCUT2D eigenvalue weighted by Crippen LogP contribution is 2.55. The summed E-state index contributed by atoms with van der Waals surface area (Å²) < 4.78 is 6.35. The van der Waals surface area contributed by atoms with E-state index < -0.39 is 40.5 Å². The molecule has 0 bridgehead atoms. The summed E-state index contributed by atoms with van der Waals surface area (Å²) in [5.41, 5.74) is 1.25. The number of aromatic nitrogens is 2. The van der Waals surface area contributed by atoms with Crippen LogP contribution in [0.1, 0.15) is 90.1 Å². The molecule has 1 unspecified atom stereocenters. The van der Waals surface area contributed by atoms with Crippen LogP contribution < -0.4 is 25.2 Å². The van der Waals surface area contributed by atoms with E-state index in [4.69, 9.17) is 16.3 Å². The van der Waals surface area contributed by atoms with E-state index in [0.717, 1.165) is 68.5 Å². The van der Waals surface area contributed by atoms with Gasteiger partial charge < -0.3 is 19.9 Å².